The number of nitrogens with one attached hydrogen (secondary N) is 1. The molecule has 0 heterocycles. The van der Waals surface area contributed by atoms with Crippen LogP contribution in [0.2, 0.25) is 0 Å². The number of hydrogen-bond donors (Lipinski definition) is 1. The molecule has 0 rings (SSSR count). The Morgan fingerprint density at radius 2 is 1.64 bits per heavy atom. The highest BCUT2D eigenvalue weighted by Gasteiger charge is 2.12. The molecule has 0 spiro atoms. The van der Waals surface area contributed by atoms with Crippen molar-refractivity contribution in [2.45, 2.75) is 52.6 Å². The van der Waals surface area contributed by atoms with E-state index in [-0.39, 0.29) is 11.1 Å². The molecule has 0 aromatic rings. The van der Waals surface area contributed by atoms with Gasteiger partial charge in [-0.15, -0.1) is 4.99 Å². The lowest BCUT2D eigenvalue weighted by molar-refractivity contribution is 0.241. The number of urea groups is 1. The van der Waals surface area contributed by atoms with Crippen molar-refractivity contribution in [3.8, 4) is 0 Å². The van der Waals surface area contributed by atoms with E-state index in [1.165, 1.54) is 0 Å². The van der Waals surface area contributed by atoms with Crippen LogP contribution in [-0.4, -0.2) is 23.1 Å². The molecule has 4 heteroatoms. The van der Waals surface area contributed by atoms with Crippen LogP contribution in [-0.2, 0) is 0 Å². The quantitative estimate of drug-likeness (QED) is 0.596. The Hall–Kier alpha value is -1.15. The number of hydrogen-bond acceptors (Lipinski definition) is 2. The van der Waals surface area contributed by atoms with Crippen molar-refractivity contribution in [1.82, 2.24) is 5.32 Å². The van der Waals surface area contributed by atoms with Gasteiger partial charge in [0.1, 0.15) is 0 Å². The maximum Gasteiger partial charge on any atom is 0.350 e. The van der Waals surface area contributed by atoms with E-state index in [1.807, 2.05) is 41.5 Å². The van der Waals surface area contributed by atoms with Crippen LogP contribution >= 0.6 is 0 Å². The van der Waals surface area contributed by atoms with Gasteiger partial charge < -0.3 is 5.32 Å². The molecule has 0 radical (unpaired) electrons. The van der Waals surface area contributed by atoms with Gasteiger partial charge in [-0.25, -0.2) is 9.79 Å². The van der Waals surface area contributed by atoms with E-state index >= 15 is 0 Å². The van der Waals surface area contributed by atoms with Crippen molar-refractivity contribution < 1.29 is 4.79 Å². The molecule has 4 nitrogen and oxygen atoms in total. The van der Waals surface area contributed by atoms with Crippen LogP contribution in [0.5, 0.6) is 0 Å². The second kappa shape index (κ2) is 4.38. The first-order valence-corrected chi connectivity index (χ1v) is 4.60. The maximum absolute atomic E-state index is 11.1. The first-order valence-electron chi connectivity index (χ1n) is 4.60. The Labute approximate surface area is 85.5 Å². The Morgan fingerprint density at radius 3 is 2.00 bits per heavy atom. The summed E-state index contributed by atoms with van der Waals surface area (Å²) in [5.41, 5.74) is -0.518. The van der Waals surface area contributed by atoms with Crippen molar-refractivity contribution in [2.24, 2.45) is 9.98 Å². The van der Waals surface area contributed by atoms with Gasteiger partial charge in [-0.2, -0.15) is 0 Å². The number of nitrogens with zero attached hydrogens (tertiary/aromatic N) is 2. The van der Waals surface area contributed by atoms with E-state index in [0.29, 0.717) is 0 Å². The third kappa shape index (κ3) is 8.94. The van der Waals surface area contributed by atoms with Crippen molar-refractivity contribution in [2.75, 3.05) is 0 Å². The molecule has 2 amide bonds. The molecule has 80 valence electrons. The molecule has 0 atom stereocenters. The van der Waals surface area contributed by atoms with Crippen molar-refractivity contribution >= 4 is 12.0 Å². The van der Waals surface area contributed by atoms with Crippen LogP contribution in [0.25, 0.3) is 0 Å². The first-order chi connectivity index (χ1) is 6.10. The minimum absolute atomic E-state index is 0.245. The largest absolute Gasteiger partial charge is 0.350 e. The molecule has 0 saturated heterocycles. The molecule has 0 aliphatic carbocycles. The highest BCUT2D eigenvalue weighted by molar-refractivity contribution is 5.81. The SMILES string of the molecule is CC(C)(C)N=C=NC(=O)NC(C)(C)C. The van der Waals surface area contributed by atoms with Gasteiger partial charge in [-0.3, -0.25) is 0 Å². The standard InChI is InChI=1S/C10H19N3O/c1-9(2,3)12-7-11-8(14)13-10(4,5)6/h1-6H3,(H,13,14). The van der Waals surface area contributed by atoms with E-state index in [2.05, 4.69) is 21.3 Å². The molecule has 0 aliphatic rings. The topological polar surface area (TPSA) is 53.8 Å². The number of carbonyl (C=O) groups excluding carboxylic acids is 1. The van der Waals surface area contributed by atoms with Gasteiger partial charge >= 0.3 is 6.03 Å². The number of amides is 2. The molecule has 14 heavy (non-hydrogen) atoms. The predicted octanol–water partition coefficient (Wildman–Crippen LogP) is 2.47. The maximum atomic E-state index is 11.1. The zero-order valence-corrected chi connectivity index (χ0v) is 9.80. The Balaban J connectivity index is 4.28. The number of aliphatic imine (C=N–C) groups is 2. The Kier molecular flexibility index (Phi) is 4.02. The average Bonchev–Trinajstić information content (AvgIpc) is 1.78. The van der Waals surface area contributed by atoms with E-state index in [0.717, 1.165) is 0 Å². The molecule has 0 bridgehead atoms. The van der Waals surface area contributed by atoms with Gasteiger partial charge in [0, 0.05) is 5.54 Å². The van der Waals surface area contributed by atoms with Crippen LogP contribution in [0.3, 0.4) is 0 Å². The summed E-state index contributed by atoms with van der Waals surface area (Å²) in [6.07, 6.45) is 0. The summed E-state index contributed by atoms with van der Waals surface area (Å²) in [6, 6.07) is 1.97. The lowest BCUT2D eigenvalue weighted by Gasteiger charge is -2.17. The van der Waals surface area contributed by atoms with Gasteiger partial charge in [0.05, 0.1) is 11.5 Å². The fourth-order valence-electron chi connectivity index (χ4n) is 0.569. The van der Waals surface area contributed by atoms with Crippen molar-refractivity contribution in [1.29, 1.82) is 0 Å². The van der Waals surface area contributed by atoms with Crippen LogP contribution in [0.1, 0.15) is 41.5 Å². The minimum atomic E-state index is -0.412. The van der Waals surface area contributed by atoms with E-state index in [4.69, 9.17) is 0 Å². The normalized spacial score (nSPS) is 11.6. The van der Waals surface area contributed by atoms with Gasteiger partial charge in [-0.05, 0) is 41.5 Å². The Bertz CT molecular complexity index is 262. The zero-order chi connectivity index (χ0) is 11.4. The number of rotatable bonds is 0. The third-order valence-corrected chi connectivity index (χ3v) is 1.02. The fourth-order valence-corrected chi connectivity index (χ4v) is 0.569. The molecule has 0 saturated carbocycles. The number of carbonyl (C=O) groups is 1. The molecule has 0 fully saturated rings. The summed E-state index contributed by atoms with van der Waals surface area (Å²) in [5, 5.41) is 2.68. The second-order valence-corrected chi connectivity index (χ2v) is 5.17. The monoisotopic (exact) mass is 197 g/mol. The highest BCUT2D eigenvalue weighted by atomic mass is 16.2. The van der Waals surface area contributed by atoms with Gasteiger partial charge in [0.15, 0.2) is 0 Å². The lowest BCUT2D eigenvalue weighted by Crippen LogP contribution is -2.38. The molecule has 0 aliphatic heterocycles. The molecule has 0 aromatic carbocycles. The van der Waals surface area contributed by atoms with Crippen molar-refractivity contribution in [3.63, 3.8) is 0 Å². The summed E-state index contributed by atoms with van der Waals surface area (Å²) >= 11 is 0. The fraction of sp³-hybridized carbons (Fsp3) is 0.800. The van der Waals surface area contributed by atoms with Crippen LogP contribution in [0.4, 0.5) is 4.79 Å². The minimum Gasteiger partial charge on any atom is -0.331 e. The second-order valence-electron chi connectivity index (χ2n) is 5.17. The smallest absolute Gasteiger partial charge is 0.331 e. The van der Waals surface area contributed by atoms with Crippen LogP contribution < -0.4 is 5.32 Å². The van der Waals surface area contributed by atoms with E-state index in [9.17, 15) is 4.79 Å². The van der Waals surface area contributed by atoms with Crippen LogP contribution in [0, 0.1) is 0 Å². The highest BCUT2D eigenvalue weighted by Crippen LogP contribution is 2.03. The van der Waals surface area contributed by atoms with Gasteiger partial charge in [-0.1, -0.05) is 0 Å². The molecular formula is C10H19N3O. The third-order valence-electron chi connectivity index (χ3n) is 1.02. The molecule has 0 unspecified atom stereocenters. The average molecular weight is 197 g/mol. The predicted molar refractivity (Wildman–Crippen MR) is 57.9 cm³/mol. The summed E-state index contributed by atoms with van der Waals surface area (Å²) < 4.78 is 0. The summed E-state index contributed by atoms with van der Waals surface area (Å²) in [6.45, 7) is 11.4. The summed E-state index contributed by atoms with van der Waals surface area (Å²) in [5.74, 6) is 0. The van der Waals surface area contributed by atoms with Crippen LogP contribution in [0.15, 0.2) is 9.98 Å². The summed E-state index contributed by atoms with van der Waals surface area (Å²) in [4.78, 5) is 18.6. The molecular weight excluding hydrogens is 178 g/mol. The zero-order valence-electron chi connectivity index (χ0n) is 9.80. The van der Waals surface area contributed by atoms with Gasteiger partial charge in [0.2, 0.25) is 0 Å². The van der Waals surface area contributed by atoms with Gasteiger partial charge in [0.25, 0.3) is 0 Å². The van der Waals surface area contributed by atoms with E-state index in [1.54, 1.807) is 0 Å². The first kappa shape index (κ1) is 12.8. The molecule has 0 aromatic heterocycles. The van der Waals surface area contributed by atoms with Crippen molar-refractivity contribution in [3.05, 3.63) is 0 Å². The van der Waals surface area contributed by atoms with E-state index < -0.39 is 6.03 Å². The Morgan fingerprint density at radius 1 is 1.14 bits per heavy atom. The summed E-state index contributed by atoms with van der Waals surface area (Å²) in [7, 11) is 0. The molecule has 1 N–H and O–H groups in total. The lowest BCUT2D eigenvalue weighted by atomic mass is 10.1.